The van der Waals surface area contributed by atoms with Gasteiger partial charge in [0.2, 0.25) is 0 Å². The lowest BCUT2D eigenvalue weighted by atomic mass is 10.2. The Hall–Kier alpha value is -0.510. The first kappa shape index (κ1) is 15.5. The van der Waals surface area contributed by atoms with Crippen LogP contribution in [0.25, 0.3) is 0 Å². The average molecular weight is 266 g/mol. The van der Waals surface area contributed by atoms with Crippen molar-refractivity contribution in [3.8, 4) is 0 Å². The third-order valence-corrected chi connectivity index (χ3v) is 4.29. The van der Waals surface area contributed by atoms with Gasteiger partial charge < -0.3 is 10.2 Å². The molecule has 0 bridgehead atoms. The summed E-state index contributed by atoms with van der Waals surface area (Å²) in [7, 11) is 2.20. The molecule has 1 atom stereocenters. The van der Waals surface area contributed by atoms with Gasteiger partial charge in [-0.05, 0) is 32.5 Å². The number of nitrogens with one attached hydrogen (secondary N) is 1. The minimum Gasteiger partial charge on any atom is -0.315 e. The highest BCUT2D eigenvalue weighted by Gasteiger charge is 2.04. The van der Waals surface area contributed by atoms with Gasteiger partial charge in [0.25, 0.3) is 0 Å². The normalized spacial score (nSPS) is 12.9. The molecule has 18 heavy (non-hydrogen) atoms. The number of likely N-dealkylation sites (N-methyl/N-ethyl adjacent to an activating group) is 1. The standard InChI is InChI=1S/C15H26N2S/c1-4-14(2)17(3)12-10-16-11-13-18-15-8-6-5-7-9-15/h5-9,14,16H,4,10-13H2,1-3H3. The zero-order chi connectivity index (χ0) is 13.2. The SMILES string of the molecule is CCC(C)N(C)CCNCCSc1ccccc1. The van der Waals surface area contributed by atoms with Gasteiger partial charge in [-0.15, -0.1) is 11.8 Å². The van der Waals surface area contributed by atoms with E-state index < -0.39 is 0 Å². The molecular formula is C15H26N2S. The summed E-state index contributed by atoms with van der Waals surface area (Å²) in [6, 6.07) is 11.3. The van der Waals surface area contributed by atoms with Gasteiger partial charge >= 0.3 is 0 Å². The predicted octanol–water partition coefficient (Wildman–Crippen LogP) is 3.10. The molecule has 0 saturated carbocycles. The van der Waals surface area contributed by atoms with Gasteiger partial charge in [0.15, 0.2) is 0 Å². The van der Waals surface area contributed by atoms with Crippen molar-refractivity contribution in [3.05, 3.63) is 30.3 Å². The topological polar surface area (TPSA) is 15.3 Å². The van der Waals surface area contributed by atoms with Crippen LogP contribution in [0.2, 0.25) is 0 Å². The van der Waals surface area contributed by atoms with Crippen LogP contribution in [-0.4, -0.2) is 43.4 Å². The number of thioether (sulfide) groups is 1. The molecule has 3 heteroatoms. The summed E-state index contributed by atoms with van der Waals surface area (Å²) in [5, 5.41) is 3.50. The fourth-order valence-electron chi connectivity index (χ4n) is 1.67. The van der Waals surface area contributed by atoms with E-state index in [-0.39, 0.29) is 0 Å². The number of rotatable bonds is 9. The second-order valence-electron chi connectivity index (χ2n) is 4.65. The molecule has 1 N–H and O–H groups in total. The van der Waals surface area contributed by atoms with Crippen molar-refractivity contribution in [2.24, 2.45) is 0 Å². The number of nitrogens with zero attached hydrogens (tertiary/aromatic N) is 1. The van der Waals surface area contributed by atoms with Gasteiger partial charge in [0.1, 0.15) is 0 Å². The van der Waals surface area contributed by atoms with Crippen LogP contribution in [0.4, 0.5) is 0 Å². The van der Waals surface area contributed by atoms with Crippen LogP contribution in [0.5, 0.6) is 0 Å². The Morgan fingerprint density at radius 3 is 2.61 bits per heavy atom. The number of hydrogen-bond donors (Lipinski definition) is 1. The second kappa shape index (κ2) is 9.42. The van der Waals surface area contributed by atoms with Gasteiger partial charge in [0.05, 0.1) is 0 Å². The van der Waals surface area contributed by atoms with Crippen molar-refractivity contribution in [3.63, 3.8) is 0 Å². The number of hydrogen-bond acceptors (Lipinski definition) is 3. The van der Waals surface area contributed by atoms with Crippen LogP contribution < -0.4 is 5.32 Å². The van der Waals surface area contributed by atoms with Gasteiger partial charge in [-0.1, -0.05) is 25.1 Å². The molecule has 0 amide bonds. The second-order valence-corrected chi connectivity index (χ2v) is 5.82. The van der Waals surface area contributed by atoms with E-state index in [9.17, 15) is 0 Å². The fraction of sp³-hybridized carbons (Fsp3) is 0.600. The molecular weight excluding hydrogens is 240 g/mol. The summed E-state index contributed by atoms with van der Waals surface area (Å²) >= 11 is 1.91. The first-order valence-corrected chi connectivity index (χ1v) is 7.81. The monoisotopic (exact) mass is 266 g/mol. The molecule has 0 saturated heterocycles. The van der Waals surface area contributed by atoms with Crippen LogP contribution in [0.1, 0.15) is 20.3 Å². The quantitative estimate of drug-likeness (QED) is 0.546. The molecule has 0 aliphatic carbocycles. The summed E-state index contributed by atoms with van der Waals surface area (Å²) < 4.78 is 0. The predicted molar refractivity (Wildman–Crippen MR) is 82.4 cm³/mol. The van der Waals surface area contributed by atoms with Crippen molar-refractivity contribution in [2.75, 3.05) is 32.4 Å². The zero-order valence-corrected chi connectivity index (χ0v) is 12.7. The maximum atomic E-state index is 3.50. The Labute approximate surface area is 116 Å². The van der Waals surface area contributed by atoms with Crippen LogP contribution >= 0.6 is 11.8 Å². The van der Waals surface area contributed by atoms with Crippen LogP contribution in [0.15, 0.2) is 35.2 Å². The molecule has 0 heterocycles. The molecule has 0 aliphatic heterocycles. The van der Waals surface area contributed by atoms with Crippen LogP contribution in [0, 0.1) is 0 Å². The summed E-state index contributed by atoms with van der Waals surface area (Å²) in [6.07, 6.45) is 1.22. The Balaban J connectivity index is 1.99. The van der Waals surface area contributed by atoms with Gasteiger partial charge in [0, 0.05) is 36.3 Å². The highest BCUT2D eigenvalue weighted by Crippen LogP contribution is 2.15. The molecule has 0 aromatic heterocycles. The van der Waals surface area contributed by atoms with E-state index in [1.54, 1.807) is 0 Å². The fourth-order valence-corrected chi connectivity index (χ4v) is 2.50. The van der Waals surface area contributed by atoms with Crippen molar-refractivity contribution in [1.29, 1.82) is 0 Å². The van der Waals surface area contributed by atoms with Crippen molar-refractivity contribution in [2.45, 2.75) is 31.2 Å². The molecule has 0 fully saturated rings. The summed E-state index contributed by atoms with van der Waals surface area (Å²) in [5.74, 6) is 1.14. The van der Waals surface area contributed by atoms with E-state index >= 15 is 0 Å². The van der Waals surface area contributed by atoms with E-state index in [0.717, 1.165) is 25.4 Å². The molecule has 0 spiro atoms. The Bertz CT molecular complexity index is 303. The smallest absolute Gasteiger partial charge is 0.0107 e. The molecule has 0 radical (unpaired) electrons. The molecule has 1 aromatic rings. The first-order chi connectivity index (χ1) is 8.74. The van der Waals surface area contributed by atoms with E-state index in [0.29, 0.717) is 6.04 Å². The largest absolute Gasteiger partial charge is 0.315 e. The van der Waals surface area contributed by atoms with E-state index in [4.69, 9.17) is 0 Å². The Morgan fingerprint density at radius 2 is 1.94 bits per heavy atom. The first-order valence-electron chi connectivity index (χ1n) is 6.82. The molecule has 1 rings (SSSR count). The van der Waals surface area contributed by atoms with Crippen LogP contribution in [-0.2, 0) is 0 Å². The number of benzene rings is 1. The maximum Gasteiger partial charge on any atom is 0.0107 e. The van der Waals surface area contributed by atoms with Gasteiger partial charge in [-0.2, -0.15) is 0 Å². The summed E-state index contributed by atoms with van der Waals surface area (Å²) in [4.78, 5) is 3.77. The third-order valence-electron chi connectivity index (χ3n) is 3.28. The molecule has 102 valence electrons. The maximum absolute atomic E-state index is 3.50. The van der Waals surface area contributed by atoms with Crippen molar-refractivity contribution < 1.29 is 0 Å². The highest BCUT2D eigenvalue weighted by molar-refractivity contribution is 7.99. The highest BCUT2D eigenvalue weighted by atomic mass is 32.2. The molecule has 1 unspecified atom stereocenters. The lowest BCUT2D eigenvalue weighted by Gasteiger charge is -2.23. The van der Waals surface area contributed by atoms with Gasteiger partial charge in [-0.3, -0.25) is 0 Å². The van der Waals surface area contributed by atoms with E-state index in [1.807, 2.05) is 11.8 Å². The van der Waals surface area contributed by atoms with Crippen molar-refractivity contribution in [1.82, 2.24) is 10.2 Å². The van der Waals surface area contributed by atoms with E-state index in [1.165, 1.54) is 11.3 Å². The lowest BCUT2D eigenvalue weighted by molar-refractivity contribution is 0.252. The molecule has 2 nitrogen and oxygen atoms in total. The summed E-state index contributed by atoms with van der Waals surface area (Å²) in [5.41, 5.74) is 0. The van der Waals surface area contributed by atoms with Crippen LogP contribution in [0.3, 0.4) is 0 Å². The minimum atomic E-state index is 0.686. The van der Waals surface area contributed by atoms with Crippen molar-refractivity contribution >= 4 is 11.8 Å². The molecule has 1 aromatic carbocycles. The van der Waals surface area contributed by atoms with E-state index in [2.05, 4.69) is 61.4 Å². The Kier molecular flexibility index (Phi) is 8.14. The zero-order valence-electron chi connectivity index (χ0n) is 11.9. The molecule has 0 aliphatic rings. The van der Waals surface area contributed by atoms with Gasteiger partial charge in [-0.25, -0.2) is 0 Å². The average Bonchev–Trinajstić information content (AvgIpc) is 2.42. The lowest BCUT2D eigenvalue weighted by Crippen LogP contribution is -2.35. The third kappa shape index (κ3) is 6.43. The minimum absolute atomic E-state index is 0.686. The Morgan fingerprint density at radius 1 is 1.22 bits per heavy atom. The summed E-state index contributed by atoms with van der Waals surface area (Å²) in [6.45, 7) is 7.81.